The van der Waals surface area contributed by atoms with Gasteiger partial charge in [-0.15, -0.1) is 0 Å². The average molecular weight is 537 g/mol. The van der Waals surface area contributed by atoms with Crippen LogP contribution in [0.3, 0.4) is 0 Å². The van der Waals surface area contributed by atoms with Crippen LogP contribution in [0.4, 0.5) is 10.1 Å². The molecule has 0 fully saturated rings. The molecule has 0 aromatic heterocycles. The van der Waals surface area contributed by atoms with Crippen LogP contribution < -0.4 is 14.4 Å². The summed E-state index contributed by atoms with van der Waals surface area (Å²) in [7, 11) is -4.09. The van der Waals surface area contributed by atoms with E-state index in [-0.39, 0.29) is 10.6 Å². The van der Waals surface area contributed by atoms with Gasteiger partial charge in [0, 0.05) is 23.1 Å². The van der Waals surface area contributed by atoms with Gasteiger partial charge in [-0.1, -0.05) is 23.7 Å². The number of anilines is 1. The Labute approximate surface area is 214 Å². The molecule has 0 aliphatic heterocycles. The molecule has 3 aromatic rings. The van der Waals surface area contributed by atoms with E-state index >= 15 is 0 Å². The number of carbonyl (C=O) groups is 1. The zero-order valence-electron chi connectivity index (χ0n) is 19.1. The predicted octanol–water partition coefficient (Wildman–Crippen LogP) is 5.12. The Balaban J connectivity index is 1.64. The number of rotatable bonds is 12. The van der Waals surface area contributed by atoms with E-state index in [4.69, 9.17) is 16.3 Å². The maximum atomic E-state index is 13.5. The van der Waals surface area contributed by atoms with Gasteiger partial charge in [0.05, 0.1) is 17.2 Å². The summed E-state index contributed by atoms with van der Waals surface area (Å²) in [6.07, 6.45) is 0. The second kappa shape index (κ2) is 12.8. The van der Waals surface area contributed by atoms with Crippen LogP contribution in [0.2, 0.25) is 5.02 Å². The number of carbonyl (C=O) groups excluding carboxylic acids is 1. The lowest BCUT2D eigenvalue weighted by Crippen LogP contribution is -2.41. The maximum Gasteiger partial charge on any atom is 0.264 e. The van der Waals surface area contributed by atoms with Gasteiger partial charge >= 0.3 is 0 Å². The highest BCUT2D eigenvalue weighted by molar-refractivity contribution is 7.98. The zero-order chi connectivity index (χ0) is 25.3. The first-order valence-electron chi connectivity index (χ1n) is 10.9. The summed E-state index contributed by atoms with van der Waals surface area (Å²) >= 11 is 7.52. The lowest BCUT2D eigenvalue weighted by atomic mass is 10.2. The van der Waals surface area contributed by atoms with Gasteiger partial charge in [-0.3, -0.25) is 9.10 Å². The first kappa shape index (κ1) is 26.8. The molecule has 35 heavy (non-hydrogen) atoms. The highest BCUT2D eigenvalue weighted by atomic mass is 35.5. The van der Waals surface area contributed by atoms with Gasteiger partial charge in [0.2, 0.25) is 5.91 Å². The Morgan fingerprint density at radius 1 is 1.03 bits per heavy atom. The van der Waals surface area contributed by atoms with Crippen LogP contribution in [0, 0.1) is 5.82 Å². The number of hydrogen-bond donors (Lipinski definition) is 1. The summed E-state index contributed by atoms with van der Waals surface area (Å²) in [5, 5.41) is 3.44. The molecule has 186 valence electrons. The van der Waals surface area contributed by atoms with Crippen molar-refractivity contribution in [1.82, 2.24) is 5.32 Å². The Hall–Kier alpha value is -2.75. The van der Waals surface area contributed by atoms with Gasteiger partial charge < -0.3 is 10.1 Å². The van der Waals surface area contributed by atoms with E-state index in [1.165, 1.54) is 24.3 Å². The molecule has 0 saturated carbocycles. The molecule has 0 aliphatic carbocycles. The van der Waals surface area contributed by atoms with Crippen molar-refractivity contribution in [2.24, 2.45) is 0 Å². The van der Waals surface area contributed by atoms with E-state index in [1.807, 2.05) is 31.2 Å². The zero-order valence-corrected chi connectivity index (χ0v) is 21.5. The van der Waals surface area contributed by atoms with Crippen molar-refractivity contribution in [1.29, 1.82) is 0 Å². The number of benzene rings is 3. The normalized spacial score (nSPS) is 11.2. The standard InChI is InChI=1S/C25H26ClFN2O4S2/c1-2-33-23-11-13-24(14-12-23)35(31,32)29(22-9-7-21(27)8-10-22)17-25(30)28-15-16-34-18-19-3-5-20(26)6-4-19/h3-14H,2,15-18H2,1H3,(H,28,30). The lowest BCUT2D eigenvalue weighted by molar-refractivity contribution is -0.119. The third kappa shape index (κ3) is 7.88. The van der Waals surface area contributed by atoms with Gasteiger partial charge in [-0.25, -0.2) is 12.8 Å². The third-order valence-electron chi connectivity index (χ3n) is 4.88. The van der Waals surface area contributed by atoms with Gasteiger partial charge in [0.15, 0.2) is 0 Å². The van der Waals surface area contributed by atoms with Crippen LogP contribution in [-0.4, -0.2) is 39.8 Å². The largest absolute Gasteiger partial charge is 0.494 e. The second-order valence-corrected chi connectivity index (χ2v) is 10.8. The van der Waals surface area contributed by atoms with Gasteiger partial charge in [-0.2, -0.15) is 11.8 Å². The van der Waals surface area contributed by atoms with E-state index in [9.17, 15) is 17.6 Å². The molecule has 0 bridgehead atoms. The second-order valence-electron chi connectivity index (χ2n) is 7.42. The van der Waals surface area contributed by atoms with Crippen molar-refractivity contribution in [3.8, 4) is 5.75 Å². The summed E-state index contributed by atoms with van der Waals surface area (Å²) < 4.78 is 46.6. The minimum absolute atomic E-state index is 0.00315. The number of halogens is 2. The summed E-state index contributed by atoms with van der Waals surface area (Å²) in [4.78, 5) is 12.6. The molecule has 1 N–H and O–H groups in total. The minimum Gasteiger partial charge on any atom is -0.494 e. The molecule has 10 heteroatoms. The quantitative estimate of drug-likeness (QED) is 0.325. The van der Waals surface area contributed by atoms with Gasteiger partial charge in [-0.05, 0) is 73.2 Å². The maximum absolute atomic E-state index is 13.5. The van der Waals surface area contributed by atoms with E-state index in [1.54, 1.807) is 23.9 Å². The number of amides is 1. The van der Waals surface area contributed by atoms with Crippen LogP contribution in [0.1, 0.15) is 12.5 Å². The monoisotopic (exact) mass is 536 g/mol. The highest BCUT2D eigenvalue weighted by Crippen LogP contribution is 2.25. The smallest absolute Gasteiger partial charge is 0.264 e. The first-order valence-corrected chi connectivity index (χ1v) is 13.9. The molecule has 0 spiro atoms. The van der Waals surface area contributed by atoms with E-state index < -0.39 is 28.3 Å². The predicted molar refractivity (Wildman–Crippen MR) is 139 cm³/mol. The van der Waals surface area contributed by atoms with Crippen molar-refractivity contribution in [3.63, 3.8) is 0 Å². The topological polar surface area (TPSA) is 75.7 Å². The Kier molecular flexibility index (Phi) is 9.83. The minimum atomic E-state index is -4.09. The molecule has 3 aromatic carbocycles. The fraction of sp³-hybridized carbons (Fsp3) is 0.240. The molecule has 3 rings (SSSR count). The molecule has 0 aliphatic rings. The number of ether oxygens (including phenoxy) is 1. The molecule has 0 heterocycles. The summed E-state index contributed by atoms with van der Waals surface area (Å²) in [5.41, 5.74) is 1.31. The van der Waals surface area contributed by atoms with Crippen molar-refractivity contribution < 1.29 is 22.3 Å². The van der Waals surface area contributed by atoms with Crippen molar-refractivity contribution in [2.45, 2.75) is 17.6 Å². The molecule has 6 nitrogen and oxygen atoms in total. The Morgan fingerprint density at radius 3 is 2.31 bits per heavy atom. The fourth-order valence-electron chi connectivity index (χ4n) is 3.14. The van der Waals surface area contributed by atoms with Crippen LogP contribution in [-0.2, 0) is 20.6 Å². The Morgan fingerprint density at radius 2 is 1.69 bits per heavy atom. The van der Waals surface area contributed by atoms with E-state index in [0.717, 1.165) is 27.8 Å². The molecule has 0 atom stereocenters. The van der Waals surface area contributed by atoms with Crippen molar-refractivity contribution in [2.75, 3.05) is 29.8 Å². The fourth-order valence-corrected chi connectivity index (χ4v) is 5.51. The number of nitrogens with one attached hydrogen (secondary N) is 1. The summed E-state index contributed by atoms with van der Waals surface area (Å²) in [6.45, 7) is 2.21. The van der Waals surface area contributed by atoms with Crippen molar-refractivity contribution in [3.05, 3.63) is 89.2 Å². The van der Waals surface area contributed by atoms with E-state index in [2.05, 4.69) is 5.32 Å². The van der Waals surface area contributed by atoms with Crippen LogP contribution in [0.25, 0.3) is 0 Å². The van der Waals surface area contributed by atoms with Gasteiger partial charge in [0.25, 0.3) is 10.0 Å². The molecule has 1 amide bonds. The van der Waals surface area contributed by atoms with Crippen LogP contribution in [0.15, 0.2) is 77.7 Å². The van der Waals surface area contributed by atoms with Crippen LogP contribution in [0.5, 0.6) is 5.75 Å². The average Bonchev–Trinajstić information content (AvgIpc) is 2.85. The lowest BCUT2D eigenvalue weighted by Gasteiger charge is -2.24. The molecule has 0 radical (unpaired) electrons. The summed E-state index contributed by atoms with van der Waals surface area (Å²) in [6, 6.07) is 18.5. The SMILES string of the molecule is CCOc1ccc(S(=O)(=O)N(CC(=O)NCCSCc2ccc(Cl)cc2)c2ccc(F)cc2)cc1. The van der Waals surface area contributed by atoms with E-state index in [0.29, 0.717) is 29.7 Å². The molecular formula is C25H26ClFN2O4S2. The molecule has 0 saturated heterocycles. The summed E-state index contributed by atoms with van der Waals surface area (Å²) in [5.74, 6) is 0.983. The first-order chi connectivity index (χ1) is 16.8. The van der Waals surface area contributed by atoms with Crippen LogP contribution >= 0.6 is 23.4 Å². The van der Waals surface area contributed by atoms with Crippen molar-refractivity contribution >= 4 is 45.0 Å². The third-order valence-corrected chi connectivity index (χ3v) is 7.95. The molecule has 0 unspecified atom stereocenters. The number of sulfonamides is 1. The highest BCUT2D eigenvalue weighted by Gasteiger charge is 2.27. The Bertz CT molecular complexity index is 1210. The van der Waals surface area contributed by atoms with Gasteiger partial charge in [0.1, 0.15) is 18.1 Å². The molecular weight excluding hydrogens is 511 g/mol. The number of hydrogen-bond acceptors (Lipinski definition) is 5. The number of nitrogens with zero attached hydrogens (tertiary/aromatic N) is 1. The number of thioether (sulfide) groups is 1.